The van der Waals surface area contributed by atoms with Crippen LogP contribution in [0.1, 0.15) is 37.0 Å². The number of anilines is 1. The van der Waals surface area contributed by atoms with Gasteiger partial charge in [0.2, 0.25) is 5.91 Å². The summed E-state index contributed by atoms with van der Waals surface area (Å²) in [4.78, 5) is 50.6. The van der Waals surface area contributed by atoms with Gasteiger partial charge in [0.05, 0.1) is 25.0 Å². The molecule has 0 saturated heterocycles. The van der Waals surface area contributed by atoms with Gasteiger partial charge in [0.1, 0.15) is 24.2 Å². The molecule has 1 aromatic carbocycles. The minimum absolute atomic E-state index is 0.0148. The fraction of sp³-hybridized carbons (Fsp3) is 0.280. The number of carboxylic acids is 1. The van der Waals surface area contributed by atoms with Crippen molar-refractivity contribution in [2.24, 2.45) is 0 Å². The van der Waals surface area contributed by atoms with Crippen molar-refractivity contribution in [1.29, 1.82) is 0 Å². The Labute approximate surface area is 208 Å². The predicted molar refractivity (Wildman–Crippen MR) is 130 cm³/mol. The summed E-state index contributed by atoms with van der Waals surface area (Å²) in [5.74, 6) is -1.34. The molecule has 0 spiro atoms. The fourth-order valence-corrected chi connectivity index (χ4v) is 3.17. The number of methoxy groups -OCH3 is 1. The van der Waals surface area contributed by atoms with Gasteiger partial charge in [0, 0.05) is 18.0 Å². The molecule has 3 aromatic rings. The molecule has 2 heterocycles. The van der Waals surface area contributed by atoms with Gasteiger partial charge >= 0.3 is 12.1 Å². The van der Waals surface area contributed by atoms with Gasteiger partial charge in [-0.25, -0.2) is 24.5 Å². The van der Waals surface area contributed by atoms with E-state index in [4.69, 9.17) is 9.47 Å². The molecule has 0 atom stereocenters. The van der Waals surface area contributed by atoms with Gasteiger partial charge in [0.25, 0.3) is 0 Å². The lowest BCUT2D eigenvalue weighted by Crippen LogP contribution is -2.41. The van der Waals surface area contributed by atoms with E-state index in [0.29, 0.717) is 22.6 Å². The number of hydrogen-bond donors (Lipinski definition) is 2. The van der Waals surface area contributed by atoms with Gasteiger partial charge in [-0.2, -0.15) is 0 Å². The normalized spacial score (nSPS) is 10.9. The van der Waals surface area contributed by atoms with Gasteiger partial charge < -0.3 is 19.9 Å². The highest BCUT2D eigenvalue weighted by atomic mass is 16.6. The maximum absolute atomic E-state index is 13.0. The molecular weight excluding hydrogens is 466 g/mol. The highest BCUT2D eigenvalue weighted by Gasteiger charge is 2.25. The number of nitrogens with one attached hydrogen (secondary N) is 1. The first-order chi connectivity index (χ1) is 17.1. The van der Waals surface area contributed by atoms with E-state index in [1.54, 1.807) is 51.1 Å². The van der Waals surface area contributed by atoms with E-state index in [9.17, 15) is 19.5 Å². The Morgan fingerprint density at radius 1 is 1.08 bits per heavy atom. The van der Waals surface area contributed by atoms with Crippen LogP contribution in [-0.4, -0.2) is 62.2 Å². The first-order valence-electron chi connectivity index (χ1n) is 11.0. The molecule has 3 rings (SSSR count). The van der Waals surface area contributed by atoms with E-state index < -0.39 is 30.1 Å². The molecule has 2 amide bonds. The van der Waals surface area contributed by atoms with E-state index in [2.05, 4.69) is 20.3 Å². The van der Waals surface area contributed by atoms with Crippen LogP contribution in [0.2, 0.25) is 0 Å². The number of carboxylic acid groups (broad SMARTS) is 1. The maximum atomic E-state index is 13.0. The number of aromatic carboxylic acids is 1. The second-order valence-corrected chi connectivity index (χ2v) is 8.74. The number of nitrogens with zero attached hydrogens (tertiary/aromatic N) is 4. The van der Waals surface area contributed by atoms with Gasteiger partial charge in [-0.15, -0.1) is 0 Å². The molecule has 36 heavy (non-hydrogen) atoms. The molecular formula is C25H27N5O6. The maximum Gasteiger partial charge on any atom is 0.411 e. The standard InChI is InChI=1S/C25H27N5O6/c1-25(2,3)36-24(34)30(13-18-8-9-26-15-28-18)14-21(31)29-20-11-17(12-27-22(20)23(32)33)16-6-5-7-19(10-16)35-4/h5-12,15H,13-14H2,1-4H3,(H,29,31)(H,32,33). The molecule has 0 saturated carbocycles. The molecule has 0 radical (unpaired) electrons. The van der Waals surface area contributed by atoms with Gasteiger partial charge in [-0.1, -0.05) is 12.1 Å². The summed E-state index contributed by atoms with van der Waals surface area (Å²) in [5.41, 5.74) is 0.640. The van der Waals surface area contributed by atoms with Crippen molar-refractivity contribution in [3.63, 3.8) is 0 Å². The summed E-state index contributed by atoms with van der Waals surface area (Å²) in [6.07, 6.45) is 3.52. The van der Waals surface area contributed by atoms with Crippen LogP contribution in [0.25, 0.3) is 11.1 Å². The summed E-state index contributed by atoms with van der Waals surface area (Å²) in [6, 6.07) is 10.2. The molecule has 0 aliphatic heterocycles. The van der Waals surface area contributed by atoms with Crippen LogP contribution in [0.4, 0.5) is 10.5 Å². The Kier molecular flexibility index (Phi) is 8.15. The number of pyridine rings is 1. The molecule has 0 fully saturated rings. The fourth-order valence-electron chi connectivity index (χ4n) is 3.17. The minimum atomic E-state index is -1.31. The van der Waals surface area contributed by atoms with Crippen LogP contribution in [0.5, 0.6) is 5.75 Å². The van der Waals surface area contributed by atoms with E-state index in [-0.39, 0.29) is 17.9 Å². The van der Waals surface area contributed by atoms with Crippen LogP contribution in [0, 0.1) is 0 Å². The molecule has 2 N–H and O–H groups in total. The Balaban J connectivity index is 1.86. The van der Waals surface area contributed by atoms with Crippen LogP contribution >= 0.6 is 0 Å². The first-order valence-corrected chi connectivity index (χ1v) is 11.0. The molecule has 0 aliphatic rings. The van der Waals surface area contributed by atoms with Crippen LogP contribution in [0.3, 0.4) is 0 Å². The lowest BCUT2D eigenvalue weighted by atomic mass is 10.1. The number of ether oxygens (including phenoxy) is 2. The largest absolute Gasteiger partial charge is 0.497 e. The van der Waals surface area contributed by atoms with Gasteiger partial charge in [-0.3, -0.25) is 9.69 Å². The number of benzene rings is 1. The third-order valence-corrected chi connectivity index (χ3v) is 4.75. The van der Waals surface area contributed by atoms with Gasteiger partial charge in [0.15, 0.2) is 5.69 Å². The lowest BCUT2D eigenvalue weighted by Gasteiger charge is -2.27. The Hall–Kier alpha value is -4.54. The van der Waals surface area contributed by atoms with E-state index in [0.717, 1.165) is 0 Å². The topological polar surface area (TPSA) is 144 Å². The Bertz CT molecular complexity index is 1240. The zero-order chi connectivity index (χ0) is 26.3. The number of carbonyl (C=O) groups excluding carboxylic acids is 2. The molecule has 2 aromatic heterocycles. The molecule has 188 valence electrons. The Morgan fingerprint density at radius 2 is 1.86 bits per heavy atom. The summed E-state index contributed by atoms with van der Waals surface area (Å²) < 4.78 is 10.7. The molecule has 0 bridgehead atoms. The number of amides is 2. The SMILES string of the molecule is COc1cccc(-c2cnc(C(=O)O)c(NC(=O)CN(Cc3ccncn3)C(=O)OC(C)(C)C)c2)c1. The van der Waals surface area contributed by atoms with Crippen molar-refractivity contribution in [1.82, 2.24) is 19.9 Å². The molecule has 11 nitrogen and oxygen atoms in total. The third-order valence-electron chi connectivity index (χ3n) is 4.75. The van der Waals surface area contributed by atoms with Crippen molar-refractivity contribution in [3.05, 3.63) is 66.5 Å². The van der Waals surface area contributed by atoms with Crippen molar-refractivity contribution >= 4 is 23.7 Å². The quantitative estimate of drug-likeness (QED) is 0.481. The average molecular weight is 494 g/mol. The zero-order valence-corrected chi connectivity index (χ0v) is 20.4. The van der Waals surface area contributed by atoms with Crippen molar-refractivity contribution < 1.29 is 29.0 Å². The summed E-state index contributed by atoms with van der Waals surface area (Å²) >= 11 is 0. The molecule has 11 heteroatoms. The monoisotopic (exact) mass is 493 g/mol. The highest BCUT2D eigenvalue weighted by Crippen LogP contribution is 2.27. The Morgan fingerprint density at radius 3 is 2.50 bits per heavy atom. The molecule has 0 unspecified atom stereocenters. The minimum Gasteiger partial charge on any atom is -0.497 e. The van der Waals surface area contributed by atoms with Crippen molar-refractivity contribution in [2.75, 3.05) is 19.0 Å². The smallest absolute Gasteiger partial charge is 0.411 e. The van der Waals surface area contributed by atoms with E-state index in [1.165, 1.54) is 36.8 Å². The van der Waals surface area contributed by atoms with Crippen LogP contribution in [0.15, 0.2) is 55.1 Å². The third kappa shape index (κ3) is 7.23. The number of hydrogen-bond acceptors (Lipinski definition) is 8. The van der Waals surface area contributed by atoms with Crippen LogP contribution < -0.4 is 10.1 Å². The molecule has 0 aliphatic carbocycles. The predicted octanol–water partition coefficient (Wildman–Crippen LogP) is 3.62. The van der Waals surface area contributed by atoms with Crippen molar-refractivity contribution in [2.45, 2.75) is 32.9 Å². The number of aromatic nitrogens is 3. The number of carbonyl (C=O) groups is 3. The van der Waals surface area contributed by atoms with Crippen LogP contribution in [-0.2, 0) is 16.1 Å². The van der Waals surface area contributed by atoms with Gasteiger partial charge in [-0.05, 0) is 50.6 Å². The summed E-state index contributed by atoms with van der Waals surface area (Å²) in [5, 5.41) is 12.2. The van der Waals surface area contributed by atoms with E-state index >= 15 is 0 Å². The zero-order valence-electron chi connectivity index (χ0n) is 20.4. The van der Waals surface area contributed by atoms with Crippen molar-refractivity contribution in [3.8, 4) is 16.9 Å². The average Bonchev–Trinajstić information content (AvgIpc) is 2.83. The highest BCUT2D eigenvalue weighted by molar-refractivity contribution is 6.01. The lowest BCUT2D eigenvalue weighted by molar-refractivity contribution is -0.117. The first kappa shape index (κ1) is 26.1. The van der Waals surface area contributed by atoms with E-state index in [1.807, 2.05) is 0 Å². The summed E-state index contributed by atoms with van der Waals surface area (Å²) in [6.45, 7) is 4.70. The number of rotatable bonds is 8. The second-order valence-electron chi connectivity index (χ2n) is 8.74. The summed E-state index contributed by atoms with van der Waals surface area (Å²) in [7, 11) is 1.54. The second kappa shape index (κ2) is 11.3.